The first-order valence-corrected chi connectivity index (χ1v) is 7.48. The second-order valence-electron chi connectivity index (χ2n) is 6.21. The van der Waals surface area contributed by atoms with Gasteiger partial charge >= 0.3 is 0 Å². The van der Waals surface area contributed by atoms with Gasteiger partial charge in [-0.3, -0.25) is 4.98 Å². The molecule has 5 rings (SSSR count). The van der Waals surface area contributed by atoms with Crippen molar-refractivity contribution < 1.29 is 4.57 Å². The fourth-order valence-electron chi connectivity index (χ4n) is 3.77. The molecule has 0 atom stereocenters. The maximum Gasteiger partial charge on any atom is 0.297 e. The summed E-state index contributed by atoms with van der Waals surface area (Å²) in [5.74, 6) is 0.489. The van der Waals surface area contributed by atoms with Crippen LogP contribution in [0.1, 0.15) is 30.9 Å². The zero-order valence-corrected chi connectivity index (χ0v) is 12.2. The lowest BCUT2D eigenvalue weighted by Crippen LogP contribution is -2.28. The fourth-order valence-corrected chi connectivity index (χ4v) is 3.77. The highest BCUT2D eigenvalue weighted by Gasteiger charge is 2.28. The topological polar surface area (TPSA) is 21.2 Å². The lowest BCUT2D eigenvalue weighted by molar-refractivity contribution is -0.657. The van der Waals surface area contributed by atoms with Crippen molar-refractivity contribution in [1.82, 2.24) is 9.38 Å². The van der Waals surface area contributed by atoms with Crippen LogP contribution >= 0.6 is 0 Å². The van der Waals surface area contributed by atoms with Crippen molar-refractivity contribution >= 4 is 27.5 Å². The molecule has 3 aromatic heterocycles. The van der Waals surface area contributed by atoms with Gasteiger partial charge in [0.1, 0.15) is 24.5 Å². The Bertz CT molecular complexity index is 1040. The lowest BCUT2D eigenvalue weighted by atomic mass is 9.96. The third-order valence-corrected chi connectivity index (χ3v) is 4.69. The van der Waals surface area contributed by atoms with E-state index < -0.39 is 0 Å². The Hall–Kier alpha value is -2.42. The van der Waals surface area contributed by atoms with Crippen molar-refractivity contribution in [3.63, 3.8) is 0 Å². The van der Waals surface area contributed by atoms with E-state index in [4.69, 9.17) is 4.98 Å². The van der Waals surface area contributed by atoms with E-state index in [9.17, 15) is 0 Å². The van der Waals surface area contributed by atoms with Gasteiger partial charge in [0, 0.05) is 11.8 Å². The molecule has 0 N–H and O–H groups in total. The van der Waals surface area contributed by atoms with Crippen LogP contribution in [0.4, 0.5) is 0 Å². The number of pyridine rings is 2. The second kappa shape index (κ2) is 3.61. The molecule has 1 aliphatic heterocycles. The molecule has 0 aliphatic carbocycles. The SMILES string of the molecule is CC(C)c1cccc2c1c1nccc3c1c1n2cc[n+]1C3. The van der Waals surface area contributed by atoms with Crippen LogP contribution in [0.2, 0.25) is 0 Å². The van der Waals surface area contributed by atoms with Gasteiger partial charge in [0.15, 0.2) is 0 Å². The molecular formula is C18H16N3+. The van der Waals surface area contributed by atoms with Gasteiger partial charge in [-0.2, -0.15) is 4.40 Å². The Morgan fingerprint density at radius 3 is 2.95 bits per heavy atom. The number of imidazole rings is 1. The number of benzene rings is 1. The van der Waals surface area contributed by atoms with Crippen molar-refractivity contribution in [3.8, 4) is 0 Å². The van der Waals surface area contributed by atoms with Gasteiger partial charge in [-0.1, -0.05) is 26.0 Å². The van der Waals surface area contributed by atoms with Gasteiger partial charge in [0.2, 0.25) is 0 Å². The van der Waals surface area contributed by atoms with Gasteiger partial charge in [0.25, 0.3) is 5.65 Å². The Morgan fingerprint density at radius 1 is 1.19 bits per heavy atom. The van der Waals surface area contributed by atoms with Crippen molar-refractivity contribution in [2.24, 2.45) is 0 Å². The molecule has 0 saturated heterocycles. The largest absolute Gasteiger partial charge is 0.297 e. The molecule has 1 aliphatic rings. The zero-order valence-electron chi connectivity index (χ0n) is 12.2. The quantitative estimate of drug-likeness (QED) is 0.339. The summed E-state index contributed by atoms with van der Waals surface area (Å²) in [6.07, 6.45) is 6.31. The van der Waals surface area contributed by atoms with Crippen LogP contribution < -0.4 is 4.57 Å². The first kappa shape index (κ1) is 11.3. The van der Waals surface area contributed by atoms with E-state index in [1.54, 1.807) is 0 Å². The first-order chi connectivity index (χ1) is 10.3. The normalized spacial score (nSPS) is 13.5. The third kappa shape index (κ3) is 1.24. The van der Waals surface area contributed by atoms with Gasteiger partial charge in [-0.25, -0.2) is 4.57 Å². The number of rotatable bonds is 1. The van der Waals surface area contributed by atoms with Crippen molar-refractivity contribution in [2.75, 3.05) is 0 Å². The number of aromatic nitrogens is 3. The molecule has 0 saturated carbocycles. The highest BCUT2D eigenvalue weighted by molar-refractivity contribution is 6.12. The van der Waals surface area contributed by atoms with E-state index in [-0.39, 0.29) is 0 Å². The molecule has 102 valence electrons. The minimum absolute atomic E-state index is 0.489. The first-order valence-electron chi connectivity index (χ1n) is 7.48. The molecule has 0 fully saturated rings. The van der Waals surface area contributed by atoms with Crippen LogP contribution in [0.25, 0.3) is 27.5 Å². The average molecular weight is 274 g/mol. The summed E-state index contributed by atoms with van der Waals surface area (Å²) >= 11 is 0. The average Bonchev–Trinajstić information content (AvgIpc) is 3.05. The Labute approximate surface area is 122 Å². The second-order valence-corrected chi connectivity index (χ2v) is 6.21. The predicted octanol–water partition coefficient (Wildman–Crippen LogP) is 3.41. The van der Waals surface area contributed by atoms with Gasteiger partial charge in [0.05, 0.1) is 16.3 Å². The number of fused-ring (bicyclic) bond motifs is 3. The Kier molecular flexibility index (Phi) is 1.94. The third-order valence-electron chi connectivity index (χ3n) is 4.69. The number of hydrogen-bond donors (Lipinski definition) is 0. The maximum atomic E-state index is 4.75. The zero-order chi connectivity index (χ0) is 14.1. The lowest BCUT2D eigenvalue weighted by Gasteiger charge is -2.11. The molecule has 0 unspecified atom stereocenters. The molecule has 0 amide bonds. The molecule has 1 aromatic carbocycles. The summed E-state index contributed by atoms with van der Waals surface area (Å²) in [4.78, 5) is 4.75. The summed E-state index contributed by atoms with van der Waals surface area (Å²) in [7, 11) is 0. The summed E-state index contributed by atoms with van der Waals surface area (Å²) in [5.41, 5.74) is 6.46. The standard InChI is InChI=1S/C18H16N3/c1-11(2)13-4-3-5-14-16(13)17-15-12(6-7-19-17)10-20-8-9-21(14)18(15)20/h3-9,11H,10H2,1-2H3/q+1. The highest BCUT2D eigenvalue weighted by atomic mass is 15.1. The number of hydrogen-bond acceptors (Lipinski definition) is 1. The van der Waals surface area contributed by atoms with E-state index in [2.05, 4.69) is 59.5 Å². The molecule has 4 aromatic rings. The minimum Gasteiger partial charge on any atom is -0.255 e. The van der Waals surface area contributed by atoms with Crippen molar-refractivity contribution in [2.45, 2.75) is 26.3 Å². The summed E-state index contributed by atoms with van der Waals surface area (Å²) in [6, 6.07) is 8.76. The smallest absolute Gasteiger partial charge is 0.255 e. The molecule has 0 spiro atoms. The van der Waals surface area contributed by atoms with Crippen LogP contribution in [-0.2, 0) is 6.54 Å². The van der Waals surface area contributed by atoms with E-state index in [1.165, 1.54) is 33.1 Å². The van der Waals surface area contributed by atoms with Crippen LogP contribution in [0, 0.1) is 0 Å². The molecule has 0 radical (unpaired) electrons. The van der Waals surface area contributed by atoms with E-state index in [0.29, 0.717) is 5.92 Å². The van der Waals surface area contributed by atoms with E-state index >= 15 is 0 Å². The molecule has 3 heteroatoms. The van der Waals surface area contributed by atoms with Crippen LogP contribution in [0.5, 0.6) is 0 Å². The van der Waals surface area contributed by atoms with E-state index in [1.807, 2.05) is 6.20 Å². The molecular weight excluding hydrogens is 258 g/mol. The van der Waals surface area contributed by atoms with Crippen LogP contribution in [-0.4, -0.2) is 9.38 Å². The summed E-state index contributed by atoms with van der Waals surface area (Å²) < 4.78 is 4.64. The van der Waals surface area contributed by atoms with Crippen molar-refractivity contribution in [1.29, 1.82) is 0 Å². The van der Waals surface area contributed by atoms with Crippen LogP contribution in [0.15, 0.2) is 42.9 Å². The predicted molar refractivity (Wildman–Crippen MR) is 83.6 cm³/mol. The van der Waals surface area contributed by atoms with E-state index in [0.717, 1.165) is 12.1 Å². The van der Waals surface area contributed by atoms with Crippen LogP contribution in [0.3, 0.4) is 0 Å². The van der Waals surface area contributed by atoms with Crippen molar-refractivity contribution in [3.05, 3.63) is 54.0 Å². The summed E-state index contributed by atoms with van der Waals surface area (Å²) in [5, 5.41) is 2.63. The molecule has 21 heavy (non-hydrogen) atoms. The highest BCUT2D eigenvalue weighted by Crippen LogP contribution is 2.35. The molecule has 0 bridgehead atoms. The van der Waals surface area contributed by atoms with Gasteiger partial charge in [-0.05, 0) is 23.6 Å². The monoisotopic (exact) mass is 274 g/mol. The van der Waals surface area contributed by atoms with Gasteiger partial charge in [-0.15, -0.1) is 0 Å². The Morgan fingerprint density at radius 2 is 2.10 bits per heavy atom. The molecule has 3 nitrogen and oxygen atoms in total. The Balaban J connectivity index is 2.19. The minimum atomic E-state index is 0.489. The maximum absolute atomic E-state index is 4.75. The fraction of sp³-hybridized carbons (Fsp3) is 0.222. The summed E-state index contributed by atoms with van der Waals surface area (Å²) in [6.45, 7) is 5.46. The molecule has 4 heterocycles. The van der Waals surface area contributed by atoms with Gasteiger partial charge < -0.3 is 0 Å². The number of nitrogens with zero attached hydrogens (tertiary/aromatic N) is 3.